The Balaban J connectivity index is 2.12. The van der Waals surface area contributed by atoms with Crippen LogP contribution in [0.3, 0.4) is 0 Å². The Morgan fingerprint density at radius 1 is 1.47 bits per heavy atom. The number of halogens is 1. The molecule has 0 amide bonds. The Morgan fingerprint density at radius 3 is 3.18 bits per heavy atom. The van der Waals surface area contributed by atoms with E-state index in [1.165, 1.54) is 6.07 Å². The standard InChI is InChI=1S/C13H13FN2O/c1-17-6-5-11-13-9(3-2-4-10(13)14)12-7-15-8-16(11)12/h2-4,7-8,11H,5-6H2,1H3. The molecule has 0 aliphatic carbocycles. The van der Waals surface area contributed by atoms with Crippen LogP contribution in [0.1, 0.15) is 18.0 Å². The number of ether oxygens (including phenoxy) is 1. The van der Waals surface area contributed by atoms with Crippen LogP contribution in [0.15, 0.2) is 30.7 Å². The minimum atomic E-state index is -0.146. The number of benzene rings is 1. The topological polar surface area (TPSA) is 27.1 Å². The highest BCUT2D eigenvalue weighted by Crippen LogP contribution is 2.41. The molecule has 3 nitrogen and oxygen atoms in total. The molecule has 0 saturated heterocycles. The van der Waals surface area contributed by atoms with Gasteiger partial charge in [0.05, 0.1) is 24.3 Å². The van der Waals surface area contributed by atoms with Crippen molar-refractivity contribution in [2.24, 2.45) is 0 Å². The molecule has 0 radical (unpaired) electrons. The molecule has 2 aromatic rings. The predicted octanol–water partition coefficient (Wildman–Crippen LogP) is 2.63. The second-order valence-corrected chi connectivity index (χ2v) is 4.18. The first-order chi connectivity index (χ1) is 8.33. The molecule has 3 rings (SSSR count). The second-order valence-electron chi connectivity index (χ2n) is 4.18. The fraction of sp³-hybridized carbons (Fsp3) is 0.308. The van der Waals surface area contributed by atoms with Crippen LogP contribution in [-0.4, -0.2) is 23.3 Å². The van der Waals surface area contributed by atoms with Crippen LogP contribution in [0.5, 0.6) is 0 Å². The Bertz CT molecular complexity index is 550. The average Bonchev–Trinajstić information content (AvgIpc) is 2.88. The van der Waals surface area contributed by atoms with E-state index < -0.39 is 0 Å². The number of fused-ring (bicyclic) bond motifs is 3. The molecule has 0 spiro atoms. The van der Waals surface area contributed by atoms with E-state index in [4.69, 9.17) is 4.74 Å². The summed E-state index contributed by atoms with van der Waals surface area (Å²) in [5.74, 6) is -0.146. The van der Waals surface area contributed by atoms with Gasteiger partial charge in [-0.05, 0) is 12.5 Å². The molecule has 1 atom stereocenters. The molecule has 0 N–H and O–H groups in total. The molecule has 17 heavy (non-hydrogen) atoms. The summed E-state index contributed by atoms with van der Waals surface area (Å²) >= 11 is 0. The van der Waals surface area contributed by atoms with Crippen molar-refractivity contribution in [1.29, 1.82) is 0 Å². The molecule has 1 aromatic carbocycles. The smallest absolute Gasteiger partial charge is 0.129 e. The first-order valence-corrected chi connectivity index (χ1v) is 5.62. The lowest BCUT2D eigenvalue weighted by molar-refractivity contribution is 0.184. The Kier molecular flexibility index (Phi) is 2.44. The number of rotatable bonds is 3. The van der Waals surface area contributed by atoms with Gasteiger partial charge in [-0.2, -0.15) is 0 Å². The predicted molar refractivity (Wildman–Crippen MR) is 62.3 cm³/mol. The lowest BCUT2D eigenvalue weighted by atomic mass is 10.0. The molecular formula is C13H13FN2O. The fourth-order valence-electron chi connectivity index (χ4n) is 2.51. The Hall–Kier alpha value is -1.68. The third-order valence-electron chi connectivity index (χ3n) is 3.26. The lowest BCUT2D eigenvalue weighted by Gasteiger charge is -2.14. The summed E-state index contributed by atoms with van der Waals surface area (Å²) in [5.41, 5.74) is 2.70. The van der Waals surface area contributed by atoms with Crippen molar-refractivity contribution in [2.45, 2.75) is 12.5 Å². The van der Waals surface area contributed by atoms with Crippen molar-refractivity contribution in [3.05, 3.63) is 42.1 Å². The summed E-state index contributed by atoms with van der Waals surface area (Å²) in [6, 6.07) is 5.20. The zero-order valence-corrected chi connectivity index (χ0v) is 9.56. The average molecular weight is 232 g/mol. The van der Waals surface area contributed by atoms with E-state index in [2.05, 4.69) is 4.98 Å². The number of nitrogens with zero attached hydrogens (tertiary/aromatic N) is 2. The van der Waals surface area contributed by atoms with Crippen molar-refractivity contribution < 1.29 is 9.13 Å². The highest BCUT2D eigenvalue weighted by atomic mass is 19.1. The molecule has 88 valence electrons. The summed E-state index contributed by atoms with van der Waals surface area (Å²) in [5, 5.41) is 0. The number of imidazole rings is 1. The van der Waals surface area contributed by atoms with Crippen LogP contribution in [0.4, 0.5) is 4.39 Å². The van der Waals surface area contributed by atoms with E-state index in [1.807, 2.05) is 10.6 Å². The van der Waals surface area contributed by atoms with E-state index >= 15 is 0 Å². The van der Waals surface area contributed by atoms with Crippen LogP contribution in [0.2, 0.25) is 0 Å². The molecule has 1 aromatic heterocycles. The summed E-state index contributed by atoms with van der Waals surface area (Å²) in [4.78, 5) is 4.13. The quantitative estimate of drug-likeness (QED) is 0.813. The minimum absolute atomic E-state index is 0.00338. The molecule has 0 fully saturated rings. The molecule has 1 aliphatic rings. The maximum absolute atomic E-state index is 13.9. The summed E-state index contributed by atoms with van der Waals surface area (Å²) in [6.45, 7) is 0.607. The highest BCUT2D eigenvalue weighted by Gasteiger charge is 2.30. The van der Waals surface area contributed by atoms with Crippen molar-refractivity contribution in [2.75, 3.05) is 13.7 Å². The normalized spacial score (nSPS) is 16.9. The van der Waals surface area contributed by atoms with Crippen LogP contribution >= 0.6 is 0 Å². The SMILES string of the molecule is COCCC1c2c(F)cccc2-c2cncn21. The van der Waals surface area contributed by atoms with E-state index in [0.717, 1.165) is 23.2 Å². The van der Waals surface area contributed by atoms with Crippen molar-refractivity contribution >= 4 is 0 Å². The Labute approximate surface area is 98.9 Å². The Morgan fingerprint density at radius 2 is 2.35 bits per heavy atom. The van der Waals surface area contributed by atoms with Gasteiger partial charge in [0.1, 0.15) is 5.82 Å². The van der Waals surface area contributed by atoms with Gasteiger partial charge in [0.25, 0.3) is 0 Å². The molecule has 2 heterocycles. The van der Waals surface area contributed by atoms with E-state index in [-0.39, 0.29) is 11.9 Å². The van der Waals surface area contributed by atoms with Gasteiger partial charge in [0.2, 0.25) is 0 Å². The number of methoxy groups -OCH3 is 1. The van der Waals surface area contributed by atoms with Crippen molar-refractivity contribution in [1.82, 2.24) is 9.55 Å². The highest BCUT2D eigenvalue weighted by molar-refractivity contribution is 5.69. The van der Waals surface area contributed by atoms with Gasteiger partial charge in [0, 0.05) is 24.8 Å². The molecule has 4 heteroatoms. The van der Waals surface area contributed by atoms with Gasteiger partial charge in [-0.1, -0.05) is 12.1 Å². The number of aromatic nitrogens is 2. The molecule has 0 bridgehead atoms. The number of hydrogen-bond donors (Lipinski definition) is 0. The molecular weight excluding hydrogens is 219 g/mol. The second kappa shape index (κ2) is 3.96. The van der Waals surface area contributed by atoms with Crippen LogP contribution in [0, 0.1) is 5.82 Å². The van der Waals surface area contributed by atoms with Gasteiger partial charge in [-0.3, -0.25) is 0 Å². The third kappa shape index (κ3) is 1.48. The number of hydrogen-bond acceptors (Lipinski definition) is 2. The van der Waals surface area contributed by atoms with Gasteiger partial charge in [-0.15, -0.1) is 0 Å². The fourth-order valence-corrected chi connectivity index (χ4v) is 2.51. The van der Waals surface area contributed by atoms with Gasteiger partial charge < -0.3 is 9.30 Å². The van der Waals surface area contributed by atoms with Crippen LogP contribution in [-0.2, 0) is 4.74 Å². The van der Waals surface area contributed by atoms with E-state index in [9.17, 15) is 4.39 Å². The van der Waals surface area contributed by atoms with Gasteiger partial charge in [0.15, 0.2) is 0 Å². The monoisotopic (exact) mass is 232 g/mol. The maximum atomic E-state index is 13.9. The first-order valence-electron chi connectivity index (χ1n) is 5.62. The zero-order chi connectivity index (χ0) is 11.8. The zero-order valence-electron chi connectivity index (χ0n) is 9.56. The molecule has 1 aliphatic heterocycles. The maximum Gasteiger partial charge on any atom is 0.129 e. The largest absolute Gasteiger partial charge is 0.385 e. The third-order valence-corrected chi connectivity index (χ3v) is 3.26. The van der Waals surface area contributed by atoms with Crippen LogP contribution in [0.25, 0.3) is 11.3 Å². The molecule has 1 unspecified atom stereocenters. The van der Waals surface area contributed by atoms with Crippen molar-refractivity contribution in [3.8, 4) is 11.3 Å². The minimum Gasteiger partial charge on any atom is -0.385 e. The summed E-state index contributed by atoms with van der Waals surface area (Å²) in [7, 11) is 1.66. The van der Waals surface area contributed by atoms with Gasteiger partial charge >= 0.3 is 0 Å². The summed E-state index contributed by atoms with van der Waals surface area (Å²) < 4.78 is 21.1. The van der Waals surface area contributed by atoms with Crippen molar-refractivity contribution in [3.63, 3.8) is 0 Å². The van der Waals surface area contributed by atoms with E-state index in [1.54, 1.807) is 25.7 Å². The lowest BCUT2D eigenvalue weighted by Crippen LogP contribution is -2.09. The molecule has 0 saturated carbocycles. The van der Waals surface area contributed by atoms with Crippen LogP contribution < -0.4 is 0 Å². The summed E-state index contributed by atoms with van der Waals surface area (Å²) in [6.07, 6.45) is 4.30. The van der Waals surface area contributed by atoms with Gasteiger partial charge in [-0.25, -0.2) is 9.37 Å². The first kappa shape index (κ1) is 10.5. The van der Waals surface area contributed by atoms with E-state index in [0.29, 0.717) is 6.61 Å².